The lowest BCUT2D eigenvalue weighted by atomic mass is 10.1. The molecular weight excluding hydrogens is 291 g/mol. The topological polar surface area (TPSA) is 87.0 Å². The minimum absolute atomic E-state index is 0.439. The van der Waals surface area contributed by atoms with Gasteiger partial charge in [-0.1, -0.05) is 64.7 Å². The molecule has 5 nitrogen and oxygen atoms in total. The Kier molecular flexibility index (Phi) is 12.6. The van der Waals surface area contributed by atoms with Crippen molar-refractivity contribution in [1.29, 1.82) is 0 Å². The molecule has 3 N–H and O–H groups in total. The Balaban J connectivity index is 3.35. The summed E-state index contributed by atoms with van der Waals surface area (Å²) < 4.78 is 16.1. The van der Waals surface area contributed by atoms with Crippen LogP contribution in [0.1, 0.15) is 78.1 Å². The summed E-state index contributed by atoms with van der Waals surface area (Å²) in [7, 11) is -4.46. The molecule has 0 aliphatic heterocycles. The molecule has 0 aromatic rings. The first-order valence-corrected chi connectivity index (χ1v) is 9.92. The number of unbranched alkanes of at least 4 members (excludes halogenated alkanes) is 9. The van der Waals surface area contributed by atoms with Crippen LogP contribution < -0.4 is 0 Å². The van der Waals surface area contributed by atoms with E-state index in [-0.39, 0.29) is 0 Å². The highest BCUT2D eigenvalue weighted by Gasteiger charge is 2.32. The van der Waals surface area contributed by atoms with E-state index in [1.807, 2.05) is 0 Å². The fraction of sp³-hybridized carbons (Fsp3) is 1.00. The summed E-state index contributed by atoms with van der Waals surface area (Å²) in [4.78, 5) is 17.6. The van der Waals surface area contributed by atoms with Crippen molar-refractivity contribution in [2.45, 2.75) is 90.0 Å². The molecular formula is C15H33O5P. The zero-order valence-electron chi connectivity index (χ0n) is 13.5. The second-order valence-corrected chi connectivity index (χ2v) is 7.47. The largest absolute Gasteiger partial charge is 0.378 e. The van der Waals surface area contributed by atoms with Gasteiger partial charge in [0.1, 0.15) is 0 Å². The standard InChI is InChI=1S/C15H33O5P/c1-3-4-5-6-7-8-9-10-11-12-13-20-14(2)15(16)21(17,18)19/h14-16H,3-13H2,1-2H3,(H2,17,18,19). The fourth-order valence-electron chi connectivity index (χ4n) is 2.22. The summed E-state index contributed by atoms with van der Waals surface area (Å²) >= 11 is 0. The lowest BCUT2D eigenvalue weighted by Crippen LogP contribution is -2.26. The third kappa shape index (κ3) is 12.3. The third-order valence-corrected chi connectivity index (χ3v) is 4.75. The quantitative estimate of drug-likeness (QED) is 0.334. The van der Waals surface area contributed by atoms with Crippen molar-refractivity contribution < 1.29 is 24.2 Å². The second-order valence-electron chi connectivity index (χ2n) is 5.76. The highest BCUT2D eigenvalue weighted by molar-refractivity contribution is 7.52. The zero-order chi connectivity index (χ0) is 16.1. The molecule has 0 saturated carbocycles. The minimum atomic E-state index is -4.46. The molecule has 2 atom stereocenters. The SMILES string of the molecule is CCCCCCCCCCCCOC(C)C(O)P(=O)(O)O. The van der Waals surface area contributed by atoms with E-state index in [0.717, 1.165) is 12.8 Å². The number of rotatable bonds is 14. The van der Waals surface area contributed by atoms with Crippen LogP contribution in [0.25, 0.3) is 0 Å². The highest BCUT2D eigenvalue weighted by atomic mass is 31.2. The fourth-order valence-corrected chi connectivity index (χ4v) is 2.85. The smallest absolute Gasteiger partial charge is 0.356 e. The second kappa shape index (κ2) is 12.6. The van der Waals surface area contributed by atoms with E-state index < -0.39 is 19.5 Å². The van der Waals surface area contributed by atoms with E-state index in [1.165, 1.54) is 58.3 Å². The van der Waals surface area contributed by atoms with E-state index in [0.29, 0.717) is 6.61 Å². The Labute approximate surface area is 129 Å². The Hall–Kier alpha value is 0.0700. The van der Waals surface area contributed by atoms with Crippen molar-refractivity contribution in [3.05, 3.63) is 0 Å². The first kappa shape index (κ1) is 21.1. The van der Waals surface area contributed by atoms with Gasteiger partial charge < -0.3 is 19.6 Å². The number of aliphatic hydroxyl groups excluding tert-OH is 1. The van der Waals surface area contributed by atoms with Crippen molar-refractivity contribution in [3.8, 4) is 0 Å². The molecule has 0 amide bonds. The van der Waals surface area contributed by atoms with Gasteiger partial charge in [0.2, 0.25) is 0 Å². The van der Waals surface area contributed by atoms with Gasteiger partial charge >= 0.3 is 7.60 Å². The van der Waals surface area contributed by atoms with Crippen LogP contribution in [0.5, 0.6) is 0 Å². The molecule has 0 aliphatic rings. The van der Waals surface area contributed by atoms with Gasteiger partial charge in [-0.05, 0) is 13.3 Å². The lowest BCUT2D eigenvalue weighted by Gasteiger charge is -2.20. The molecule has 0 fully saturated rings. The molecule has 0 aromatic carbocycles. The van der Waals surface area contributed by atoms with Crippen LogP contribution in [0, 0.1) is 0 Å². The van der Waals surface area contributed by atoms with E-state index in [4.69, 9.17) is 14.5 Å². The monoisotopic (exact) mass is 324 g/mol. The molecule has 0 aliphatic carbocycles. The summed E-state index contributed by atoms with van der Waals surface area (Å²) in [5.74, 6) is -1.72. The van der Waals surface area contributed by atoms with Crippen LogP contribution in [-0.4, -0.2) is 33.4 Å². The molecule has 2 unspecified atom stereocenters. The van der Waals surface area contributed by atoms with Crippen LogP contribution in [0.15, 0.2) is 0 Å². The van der Waals surface area contributed by atoms with Crippen molar-refractivity contribution in [2.75, 3.05) is 6.61 Å². The van der Waals surface area contributed by atoms with Crippen LogP contribution in [-0.2, 0) is 9.30 Å². The summed E-state index contributed by atoms with van der Waals surface area (Å²) in [6.07, 6.45) is 11.5. The summed E-state index contributed by atoms with van der Waals surface area (Å²) in [5, 5.41) is 9.33. The number of ether oxygens (including phenoxy) is 1. The molecule has 6 heteroatoms. The van der Waals surface area contributed by atoms with Gasteiger partial charge in [-0.2, -0.15) is 0 Å². The van der Waals surface area contributed by atoms with E-state index in [1.54, 1.807) is 0 Å². The van der Waals surface area contributed by atoms with Crippen LogP contribution in [0.3, 0.4) is 0 Å². The number of hydrogen-bond acceptors (Lipinski definition) is 3. The normalized spacial score (nSPS) is 15.1. The average Bonchev–Trinajstić information content (AvgIpc) is 2.42. The number of hydrogen-bond donors (Lipinski definition) is 3. The van der Waals surface area contributed by atoms with E-state index in [9.17, 15) is 9.67 Å². The van der Waals surface area contributed by atoms with Gasteiger partial charge in [-0.15, -0.1) is 0 Å². The Morgan fingerprint density at radius 1 is 0.905 bits per heavy atom. The van der Waals surface area contributed by atoms with Crippen LogP contribution >= 0.6 is 7.60 Å². The van der Waals surface area contributed by atoms with E-state index >= 15 is 0 Å². The van der Waals surface area contributed by atoms with Crippen LogP contribution in [0.4, 0.5) is 0 Å². The van der Waals surface area contributed by atoms with Crippen molar-refractivity contribution in [2.24, 2.45) is 0 Å². The maximum Gasteiger partial charge on any atom is 0.356 e. The van der Waals surface area contributed by atoms with E-state index in [2.05, 4.69) is 6.92 Å². The molecule has 0 heterocycles. The Morgan fingerprint density at radius 2 is 1.33 bits per heavy atom. The maximum absolute atomic E-state index is 10.8. The Morgan fingerprint density at radius 3 is 1.76 bits per heavy atom. The lowest BCUT2D eigenvalue weighted by molar-refractivity contribution is -0.00363. The van der Waals surface area contributed by atoms with Gasteiger partial charge in [-0.25, -0.2) is 0 Å². The van der Waals surface area contributed by atoms with Crippen molar-refractivity contribution >= 4 is 7.60 Å². The molecule has 21 heavy (non-hydrogen) atoms. The predicted octanol–water partition coefficient (Wildman–Crippen LogP) is 3.81. The highest BCUT2D eigenvalue weighted by Crippen LogP contribution is 2.41. The van der Waals surface area contributed by atoms with Gasteiger partial charge in [0.05, 0.1) is 6.10 Å². The Bertz CT molecular complexity index is 279. The summed E-state index contributed by atoms with van der Waals surface area (Å²) in [5.41, 5.74) is 0. The van der Waals surface area contributed by atoms with Crippen molar-refractivity contribution in [3.63, 3.8) is 0 Å². The molecule has 0 rings (SSSR count). The summed E-state index contributed by atoms with van der Waals surface area (Å²) in [6, 6.07) is 0. The van der Waals surface area contributed by atoms with Crippen molar-refractivity contribution in [1.82, 2.24) is 0 Å². The maximum atomic E-state index is 10.8. The first-order valence-electron chi connectivity index (χ1n) is 8.24. The molecule has 0 spiro atoms. The van der Waals surface area contributed by atoms with Crippen LogP contribution in [0.2, 0.25) is 0 Å². The molecule has 128 valence electrons. The minimum Gasteiger partial charge on any atom is -0.378 e. The number of aliphatic hydroxyl groups is 1. The van der Waals surface area contributed by atoms with Gasteiger partial charge in [0, 0.05) is 6.61 Å². The first-order chi connectivity index (χ1) is 9.89. The van der Waals surface area contributed by atoms with Gasteiger partial charge in [0.15, 0.2) is 5.85 Å². The third-order valence-electron chi connectivity index (χ3n) is 3.64. The average molecular weight is 324 g/mol. The molecule has 0 saturated heterocycles. The summed E-state index contributed by atoms with van der Waals surface area (Å²) in [6.45, 7) is 4.15. The molecule has 0 aromatic heterocycles. The molecule has 0 radical (unpaired) electrons. The zero-order valence-corrected chi connectivity index (χ0v) is 14.4. The van der Waals surface area contributed by atoms with Gasteiger partial charge in [0.25, 0.3) is 0 Å². The van der Waals surface area contributed by atoms with Gasteiger partial charge in [-0.3, -0.25) is 4.57 Å². The predicted molar refractivity (Wildman–Crippen MR) is 85.3 cm³/mol. The molecule has 0 bridgehead atoms.